The smallest absolute Gasteiger partial charge is 0.226 e. The Morgan fingerprint density at radius 3 is 2.57 bits per heavy atom. The fourth-order valence-corrected chi connectivity index (χ4v) is 4.02. The molecule has 2 aliphatic heterocycles. The fraction of sp³-hybridized carbons (Fsp3) is 0.435. The first-order valence-electron chi connectivity index (χ1n) is 10.3. The van der Waals surface area contributed by atoms with Gasteiger partial charge in [0.1, 0.15) is 12.4 Å². The third-order valence-corrected chi connectivity index (χ3v) is 5.69. The molecule has 0 bridgehead atoms. The quantitative estimate of drug-likeness (QED) is 0.784. The number of nitrogens with zero attached hydrogens (tertiary/aromatic N) is 2. The molecule has 0 aliphatic carbocycles. The van der Waals surface area contributed by atoms with E-state index < -0.39 is 0 Å². The second-order valence-corrected chi connectivity index (χ2v) is 7.63. The van der Waals surface area contributed by atoms with Crippen LogP contribution >= 0.6 is 0 Å². The van der Waals surface area contributed by atoms with E-state index in [1.807, 2.05) is 24.3 Å². The van der Waals surface area contributed by atoms with Crippen LogP contribution in [-0.4, -0.2) is 56.7 Å². The van der Waals surface area contributed by atoms with E-state index in [-0.39, 0.29) is 11.8 Å². The molecule has 2 heterocycles. The zero-order valence-electron chi connectivity index (χ0n) is 16.3. The van der Waals surface area contributed by atoms with Gasteiger partial charge in [-0.25, -0.2) is 0 Å². The summed E-state index contributed by atoms with van der Waals surface area (Å²) in [6.45, 7) is 6.53. The van der Waals surface area contributed by atoms with Gasteiger partial charge in [0.2, 0.25) is 5.91 Å². The SMILES string of the molecule is O=C(NCCCN1CCN(c2ccccc2)CC1)C1COc2ccccc2C1. The highest BCUT2D eigenvalue weighted by atomic mass is 16.5. The summed E-state index contributed by atoms with van der Waals surface area (Å²) in [5.74, 6) is 0.953. The number of anilines is 1. The molecule has 148 valence electrons. The molecule has 2 aromatic rings. The maximum Gasteiger partial charge on any atom is 0.226 e. The average Bonchev–Trinajstić information content (AvgIpc) is 2.77. The van der Waals surface area contributed by atoms with Gasteiger partial charge in [0.25, 0.3) is 0 Å². The molecule has 1 fully saturated rings. The molecule has 1 atom stereocenters. The number of hydrogen-bond donors (Lipinski definition) is 1. The van der Waals surface area contributed by atoms with Gasteiger partial charge >= 0.3 is 0 Å². The van der Waals surface area contributed by atoms with E-state index in [0.717, 1.165) is 63.4 Å². The minimum atomic E-state index is -0.0793. The zero-order valence-corrected chi connectivity index (χ0v) is 16.3. The molecule has 2 aliphatic rings. The molecular weight excluding hydrogens is 350 g/mol. The van der Waals surface area contributed by atoms with Crippen molar-refractivity contribution >= 4 is 11.6 Å². The van der Waals surface area contributed by atoms with E-state index in [4.69, 9.17) is 4.74 Å². The molecule has 1 saturated heterocycles. The van der Waals surface area contributed by atoms with Crippen molar-refractivity contribution in [2.75, 3.05) is 50.8 Å². The monoisotopic (exact) mass is 379 g/mol. The van der Waals surface area contributed by atoms with E-state index in [1.165, 1.54) is 5.69 Å². The average molecular weight is 380 g/mol. The highest BCUT2D eigenvalue weighted by molar-refractivity contribution is 5.79. The Hall–Kier alpha value is -2.53. The summed E-state index contributed by atoms with van der Waals surface area (Å²) in [5, 5.41) is 3.10. The summed E-state index contributed by atoms with van der Waals surface area (Å²) < 4.78 is 5.73. The lowest BCUT2D eigenvalue weighted by Gasteiger charge is -2.36. The lowest BCUT2D eigenvalue weighted by molar-refractivity contribution is -0.126. The van der Waals surface area contributed by atoms with Crippen LogP contribution in [0.1, 0.15) is 12.0 Å². The molecule has 5 heteroatoms. The number of hydrogen-bond acceptors (Lipinski definition) is 4. The minimum absolute atomic E-state index is 0.0793. The van der Waals surface area contributed by atoms with Crippen LogP contribution in [0.2, 0.25) is 0 Å². The summed E-state index contributed by atoms with van der Waals surface area (Å²) in [7, 11) is 0. The van der Waals surface area contributed by atoms with Crippen molar-refractivity contribution in [3.8, 4) is 5.75 Å². The number of carbonyl (C=O) groups is 1. The Morgan fingerprint density at radius 2 is 1.75 bits per heavy atom. The predicted octanol–water partition coefficient (Wildman–Crippen LogP) is 2.57. The van der Waals surface area contributed by atoms with Crippen LogP contribution in [0.15, 0.2) is 54.6 Å². The maximum absolute atomic E-state index is 12.4. The minimum Gasteiger partial charge on any atom is -0.492 e. The number of benzene rings is 2. The molecular formula is C23H29N3O2. The van der Waals surface area contributed by atoms with E-state index >= 15 is 0 Å². The third kappa shape index (κ3) is 4.65. The summed E-state index contributed by atoms with van der Waals surface area (Å²) in [5.41, 5.74) is 2.44. The Bertz CT molecular complexity index is 772. The van der Waals surface area contributed by atoms with Crippen LogP contribution in [0.25, 0.3) is 0 Å². The van der Waals surface area contributed by atoms with Gasteiger partial charge in [-0.2, -0.15) is 0 Å². The Morgan fingerprint density at radius 1 is 1.00 bits per heavy atom. The van der Waals surface area contributed by atoms with Crippen molar-refractivity contribution in [3.63, 3.8) is 0 Å². The molecule has 2 aromatic carbocycles. The van der Waals surface area contributed by atoms with Crippen LogP contribution < -0.4 is 15.0 Å². The third-order valence-electron chi connectivity index (χ3n) is 5.69. The van der Waals surface area contributed by atoms with Crippen LogP contribution in [0.5, 0.6) is 5.75 Å². The van der Waals surface area contributed by atoms with E-state index in [2.05, 4.69) is 45.4 Å². The molecule has 1 amide bonds. The van der Waals surface area contributed by atoms with Crippen LogP contribution in [-0.2, 0) is 11.2 Å². The number of amides is 1. The highest BCUT2D eigenvalue weighted by Crippen LogP contribution is 2.26. The fourth-order valence-electron chi connectivity index (χ4n) is 4.02. The molecule has 0 spiro atoms. The molecule has 1 unspecified atom stereocenters. The Balaban J connectivity index is 1.13. The molecule has 28 heavy (non-hydrogen) atoms. The van der Waals surface area contributed by atoms with Gasteiger partial charge < -0.3 is 15.0 Å². The second kappa shape index (κ2) is 9.11. The number of nitrogens with one attached hydrogen (secondary N) is 1. The second-order valence-electron chi connectivity index (χ2n) is 7.63. The molecule has 0 radical (unpaired) electrons. The molecule has 1 N–H and O–H groups in total. The van der Waals surface area contributed by atoms with Crippen LogP contribution in [0.4, 0.5) is 5.69 Å². The Labute approximate surface area is 167 Å². The standard InChI is InChI=1S/C23H29N3O2/c27-23(20-17-19-7-4-5-10-22(19)28-18-20)24-11-6-12-25-13-15-26(16-14-25)21-8-2-1-3-9-21/h1-5,7-10,20H,6,11-18H2,(H,24,27). The number of piperazine rings is 1. The van der Waals surface area contributed by atoms with Crippen molar-refractivity contribution in [2.45, 2.75) is 12.8 Å². The van der Waals surface area contributed by atoms with Crippen molar-refractivity contribution in [1.29, 1.82) is 0 Å². The molecule has 0 aromatic heterocycles. The summed E-state index contributed by atoms with van der Waals surface area (Å²) in [6.07, 6.45) is 1.75. The van der Waals surface area contributed by atoms with Gasteiger partial charge in [-0.05, 0) is 43.1 Å². The Kier molecular flexibility index (Phi) is 6.12. The van der Waals surface area contributed by atoms with Crippen molar-refractivity contribution in [2.24, 2.45) is 5.92 Å². The first-order chi connectivity index (χ1) is 13.8. The van der Waals surface area contributed by atoms with Gasteiger partial charge in [-0.3, -0.25) is 9.69 Å². The topological polar surface area (TPSA) is 44.8 Å². The number of fused-ring (bicyclic) bond motifs is 1. The maximum atomic E-state index is 12.4. The largest absolute Gasteiger partial charge is 0.492 e. The molecule has 0 saturated carbocycles. The van der Waals surface area contributed by atoms with Gasteiger partial charge in [0.15, 0.2) is 0 Å². The lowest BCUT2D eigenvalue weighted by Crippen LogP contribution is -2.47. The highest BCUT2D eigenvalue weighted by Gasteiger charge is 2.25. The van der Waals surface area contributed by atoms with E-state index in [0.29, 0.717) is 6.61 Å². The number of rotatable bonds is 6. The van der Waals surface area contributed by atoms with E-state index in [1.54, 1.807) is 0 Å². The lowest BCUT2D eigenvalue weighted by atomic mass is 9.96. The van der Waals surface area contributed by atoms with Gasteiger partial charge in [0, 0.05) is 38.4 Å². The predicted molar refractivity (Wildman–Crippen MR) is 112 cm³/mol. The number of ether oxygens (including phenoxy) is 1. The van der Waals surface area contributed by atoms with Crippen LogP contribution in [0, 0.1) is 5.92 Å². The summed E-state index contributed by atoms with van der Waals surface area (Å²) in [6, 6.07) is 18.6. The van der Waals surface area contributed by atoms with Crippen molar-refractivity contribution in [1.82, 2.24) is 10.2 Å². The molecule has 5 nitrogen and oxygen atoms in total. The number of para-hydroxylation sites is 2. The summed E-state index contributed by atoms with van der Waals surface area (Å²) in [4.78, 5) is 17.4. The summed E-state index contributed by atoms with van der Waals surface area (Å²) >= 11 is 0. The normalized spacial score (nSPS) is 19.6. The first kappa shape index (κ1) is 18.8. The van der Waals surface area contributed by atoms with Gasteiger partial charge in [0.05, 0.1) is 5.92 Å². The zero-order chi connectivity index (χ0) is 19.2. The molecule has 4 rings (SSSR count). The van der Waals surface area contributed by atoms with Gasteiger partial charge in [-0.15, -0.1) is 0 Å². The van der Waals surface area contributed by atoms with Crippen molar-refractivity contribution in [3.05, 3.63) is 60.2 Å². The van der Waals surface area contributed by atoms with Gasteiger partial charge in [-0.1, -0.05) is 36.4 Å². The van der Waals surface area contributed by atoms with E-state index in [9.17, 15) is 4.79 Å². The van der Waals surface area contributed by atoms with Crippen LogP contribution in [0.3, 0.4) is 0 Å². The van der Waals surface area contributed by atoms with Crippen molar-refractivity contribution < 1.29 is 9.53 Å². The number of carbonyl (C=O) groups excluding carboxylic acids is 1. The first-order valence-corrected chi connectivity index (χ1v) is 10.3.